The van der Waals surface area contributed by atoms with E-state index in [9.17, 15) is 0 Å². The Kier molecular flexibility index (Phi) is 3.02. The fraction of sp³-hybridized carbons (Fsp3) is 0.556. The molecule has 0 saturated heterocycles. The van der Waals surface area contributed by atoms with Crippen molar-refractivity contribution in [3.8, 4) is 0 Å². The predicted molar refractivity (Wildman–Crippen MR) is 48.8 cm³/mol. The molecule has 1 heterocycles. The Balaban J connectivity index is 2.41. The Morgan fingerprint density at radius 2 is 2.18 bits per heavy atom. The summed E-state index contributed by atoms with van der Waals surface area (Å²) in [5.41, 5.74) is 1.19. The van der Waals surface area contributed by atoms with E-state index in [1.165, 1.54) is 18.5 Å². The van der Waals surface area contributed by atoms with Crippen LogP contribution in [-0.4, -0.2) is 11.0 Å². The molecule has 0 spiro atoms. The van der Waals surface area contributed by atoms with Crippen LogP contribution < -0.4 is 5.32 Å². The van der Waals surface area contributed by atoms with Gasteiger partial charge >= 0.3 is 0 Å². The molecule has 1 aromatic rings. The van der Waals surface area contributed by atoms with Crippen molar-refractivity contribution in [2.45, 2.75) is 32.7 Å². The molecule has 2 nitrogen and oxygen atoms in total. The Morgan fingerprint density at radius 1 is 1.45 bits per heavy atom. The van der Waals surface area contributed by atoms with Crippen molar-refractivity contribution in [2.75, 3.05) is 5.32 Å². The molecular weight excluding hydrogens is 136 g/mol. The molecule has 0 saturated carbocycles. The molecule has 0 bridgehead atoms. The molecule has 0 fully saturated rings. The second kappa shape index (κ2) is 4.06. The predicted octanol–water partition coefficient (Wildman–Crippen LogP) is 2.62. The first-order valence-corrected chi connectivity index (χ1v) is 4.26. The van der Waals surface area contributed by atoms with Crippen molar-refractivity contribution in [1.82, 2.24) is 4.98 Å². The fourth-order valence-electron chi connectivity index (χ4n) is 1.14. The third kappa shape index (κ3) is 2.30. The SMILES string of the molecule is CCC(CC)Nc1cc[nH]c1. The molecule has 0 aromatic carbocycles. The summed E-state index contributed by atoms with van der Waals surface area (Å²) in [6, 6.07) is 2.67. The number of aromatic nitrogens is 1. The molecule has 0 atom stereocenters. The first-order chi connectivity index (χ1) is 5.36. The molecule has 62 valence electrons. The van der Waals surface area contributed by atoms with Crippen molar-refractivity contribution in [3.05, 3.63) is 18.5 Å². The number of hydrogen-bond donors (Lipinski definition) is 2. The minimum absolute atomic E-state index is 0.616. The average Bonchev–Trinajstić information content (AvgIpc) is 2.52. The van der Waals surface area contributed by atoms with Crippen LogP contribution in [0.5, 0.6) is 0 Å². The Bertz CT molecular complexity index is 175. The zero-order valence-corrected chi connectivity index (χ0v) is 7.22. The summed E-state index contributed by atoms with van der Waals surface area (Å²) in [7, 11) is 0. The highest BCUT2D eigenvalue weighted by atomic mass is 14.9. The average molecular weight is 152 g/mol. The van der Waals surface area contributed by atoms with Gasteiger partial charge in [-0.1, -0.05) is 13.8 Å². The summed E-state index contributed by atoms with van der Waals surface area (Å²) in [5, 5.41) is 3.43. The molecule has 1 aromatic heterocycles. The molecule has 2 N–H and O–H groups in total. The van der Waals surface area contributed by atoms with Gasteiger partial charge in [-0.2, -0.15) is 0 Å². The number of H-pyrrole nitrogens is 1. The highest BCUT2D eigenvalue weighted by Crippen LogP contribution is 2.09. The number of hydrogen-bond acceptors (Lipinski definition) is 1. The lowest BCUT2D eigenvalue weighted by molar-refractivity contribution is 0.672. The number of rotatable bonds is 4. The van der Waals surface area contributed by atoms with E-state index < -0.39 is 0 Å². The van der Waals surface area contributed by atoms with Gasteiger partial charge in [0.05, 0.1) is 5.69 Å². The summed E-state index contributed by atoms with van der Waals surface area (Å²) in [6.45, 7) is 4.40. The highest BCUT2D eigenvalue weighted by Gasteiger charge is 2.01. The second-order valence-electron chi connectivity index (χ2n) is 2.76. The molecule has 1 rings (SSSR count). The monoisotopic (exact) mass is 152 g/mol. The molecule has 0 aliphatic rings. The van der Waals surface area contributed by atoms with Crippen molar-refractivity contribution in [2.24, 2.45) is 0 Å². The van der Waals surface area contributed by atoms with Crippen LogP contribution >= 0.6 is 0 Å². The van der Waals surface area contributed by atoms with Crippen molar-refractivity contribution in [3.63, 3.8) is 0 Å². The lowest BCUT2D eigenvalue weighted by Gasteiger charge is -2.13. The minimum atomic E-state index is 0.616. The van der Waals surface area contributed by atoms with E-state index in [1.54, 1.807) is 0 Å². The van der Waals surface area contributed by atoms with Crippen molar-refractivity contribution in [1.29, 1.82) is 0 Å². The highest BCUT2D eigenvalue weighted by molar-refractivity contribution is 5.41. The first-order valence-electron chi connectivity index (χ1n) is 4.26. The van der Waals surface area contributed by atoms with E-state index in [4.69, 9.17) is 0 Å². The molecule has 0 radical (unpaired) electrons. The van der Waals surface area contributed by atoms with E-state index in [0.29, 0.717) is 6.04 Å². The summed E-state index contributed by atoms with van der Waals surface area (Å²) >= 11 is 0. The van der Waals surface area contributed by atoms with Crippen LogP contribution in [0.15, 0.2) is 18.5 Å². The van der Waals surface area contributed by atoms with Crippen LogP contribution in [0, 0.1) is 0 Å². The Hall–Kier alpha value is -0.920. The van der Waals surface area contributed by atoms with Crippen LogP contribution in [0.3, 0.4) is 0 Å². The largest absolute Gasteiger partial charge is 0.381 e. The van der Waals surface area contributed by atoms with Gasteiger partial charge in [0.15, 0.2) is 0 Å². The van der Waals surface area contributed by atoms with Gasteiger partial charge in [-0.15, -0.1) is 0 Å². The van der Waals surface area contributed by atoms with E-state index >= 15 is 0 Å². The van der Waals surface area contributed by atoms with Crippen LogP contribution in [0.1, 0.15) is 26.7 Å². The first kappa shape index (κ1) is 8.18. The summed E-state index contributed by atoms with van der Waals surface area (Å²) in [5.74, 6) is 0. The van der Waals surface area contributed by atoms with Gasteiger partial charge < -0.3 is 10.3 Å². The van der Waals surface area contributed by atoms with Crippen LogP contribution in [-0.2, 0) is 0 Å². The lowest BCUT2D eigenvalue weighted by Crippen LogP contribution is -2.16. The second-order valence-corrected chi connectivity index (χ2v) is 2.76. The molecule has 0 amide bonds. The summed E-state index contributed by atoms with van der Waals surface area (Å²) < 4.78 is 0. The maximum atomic E-state index is 3.43. The van der Waals surface area contributed by atoms with Gasteiger partial charge in [-0.25, -0.2) is 0 Å². The van der Waals surface area contributed by atoms with E-state index in [0.717, 1.165) is 0 Å². The summed E-state index contributed by atoms with van der Waals surface area (Å²) in [6.07, 6.45) is 6.28. The minimum Gasteiger partial charge on any atom is -0.381 e. The maximum absolute atomic E-state index is 3.43. The number of anilines is 1. The lowest BCUT2D eigenvalue weighted by atomic mass is 10.2. The zero-order valence-electron chi connectivity index (χ0n) is 7.22. The third-order valence-corrected chi connectivity index (χ3v) is 1.95. The smallest absolute Gasteiger partial charge is 0.0519 e. The normalized spacial score (nSPS) is 10.5. The molecule has 2 heteroatoms. The van der Waals surface area contributed by atoms with Crippen LogP contribution in [0.4, 0.5) is 5.69 Å². The molecule has 0 aliphatic heterocycles. The standard InChI is InChI=1S/C9H16N2/c1-3-8(4-2)11-9-5-6-10-7-9/h5-8,10-11H,3-4H2,1-2H3. The number of aromatic amines is 1. The molecule has 0 aliphatic carbocycles. The van der Waals surface area contributed by atoms with Gasteiger partial charge in [0.1, 0.15) is 0 Å². The van der Waals surface area contributed by atoms with Crippen LogP contribution in [0.2, 0.25) is 0 Å². The van der Waals surface area contributed by atoms with E-state index in [-0.39, 0.29) is 0 Å². The Morgan fingerprint density at radius 3 is 2.64 bits per heavy atom. The van der Waals surface area contributed by atoms with Gasteiger partial charge in [-0.05, 0) is 18.9 Å². The number of nitrogens with one attached hydrogen (secondary N) is 2. The summed E-state index contributed by atoms with van der Waals surface area (Å²) in [4.78, 5) is 3.02. The zero-order chi connectivity index (χ0) is 8.10. The van der Waals surface area contributed by atoms with Crippen molar-refractivity contribution >= 4 is 5.69 Å². The van der Waals surface area contributed by atoms with E-state index in [2.05, 4.69) is 30.2 Å². The van der Waals surface area contributed by atoms with Crippen molar-refractivity contribution < 1.29 is 0 Å². The van der Waals surface area contributed by atoms with Gasteiger partial charge in [0, 0.05) is 18.4 Å². The molecular formula is C9H16N2. The topological polar surface area (TPSA) is 27.8 Å². The quantitative estimate of drug-likeness (QED) is 0.682. The van der Waals surface area contributed by atoms with Crippen LogP contribution in [0.25, 0.3) is 0 Å². The van der Waals surface area contributed by atoms with Gasteiger partial charge in [0.2, 0.25) is 0 Å². The van der Waals surface area contributed by atoms with E-state index in [1.807, 2.05) is 12.4 Å². The fourth-order valence-corrected chi connectivity index (χ4v) is 1.14. The van der Waals surface area contributed by atoms with Gasteiger partial charge in [0.25, 0.3) is 0 Å². The Labute approximate surface area is 68.0 Å². The third-order valence-electron chi connectivity index (χ3n) is 1.95. The molecule has 0 unspecified atom stereocenters. The molecule has 11 heavy (non-hydrogen) atoms. The van der Waals surface area contributed by atoms with Gasteiger partial charge in [-0.3, -0.25) is 0 Å². The maximum Gasteiger partial charge on any atom is 0.0519 e.